The molecule has 1 heterocycles. The molecule has 1 saturated heterocycles. The topological polar surface area (TPSA) is 41.3 Å². The molecular weight excluding hydrogens is 217 g/mol. The Bertz CT molecular complexity index is 331. The fourth-order valence-corrected chi connectivity index (χ4v) is 2.24. The van der Waals surface area contributed by atoms with Crippen molar-refractivity contribution >= 4 is 11.4 Å². The van der Waals surface area contributed by atoms with Crippen LogP contribution in [0.25, 0.3) is 0 Å². The van der Waals surface area contributed by atoms with Crippen LogP contribution in [0.15, 0.2) is 24.3 Å². The molecule has 0 saturated carbocycles. The second kappa shape index (κ2) is 5.87. The number of piperidine rings is 1. The van der Waals surface area contributed by atoms with Gasteiger partial charge in [0.2, 0.25) is 0 Å². The number of hydrogen-bond donors (Lipinski definition) is 2. The van der Waals surface area contributed by atoms with Crippen molar-refractivity contribution in [1.82, 2.24) is 4.90 Å². The number of rotatable bonds is 4. The van der Waals surface area contributed by atoms with Gasteiger partial charge in [-0.05, 0) is 37.1 Å². The molecule has 0 aliphatic carbocycles. The maximum atomic E-state index is 12.2. The Morgan fingerprint density at radius 3 is 2.47 bits per heavy atom. The highest BCUT2D eigenvalue weighted by Gasteiger charge is 2.18. The Balaban J connectivity index is 1.79. The van der Waals surface area contributed by atoms with Gasteiger partial charge in [0.25, 0.3) is 0 Å². The van der Waals surface area contributed by atoms with E-state index in [4.69, 9.17) is 5.73 Å². The molecular formula is C13H20FN3. The van der Waals surface area contributed by atoms with E-state index in [0.717, 1.165) is 37.3 Å². The smallest absolute Gasteiger partial charge is 0.102 e. The van der Waals surface area contributed by atoms with E-state index in [9.17, 15) is 4.39 Å². The highest BCUT2D eigenvalue weighted by Crippen LogP contribution is 2.17. The van der Waals surface area contributed by atoms with Crippen molar-refractivity contribution in [3.63, 3.8) is 0 Å². The zero-order valence-corrected chi connectivity index (χ0v) is 10.0. The molecule has 0 amide bonds. The minimum atomic E-state index is -0.240. The zero-order valence-electron chi connectivity index (χ0n) is 10.0. The van der Waals surface area contributed by atoms with Crippen molar-refractivity contribution in [3.05, 3.63) is 24.3 Å². The number of nitrogens with two attached hydrogens (primary N) is 1. The van der Waals surface area contributed by atoms with Gasteiger partial charge in [0.05, 0.1) is 0 Å². The summed E-state index contributed by atoms with van der Waals surface area (Å²) in [6, 6.07) is 8.31. The van der Waals surface area contributed by atoms with Crippen molar-refractivity contribution in [3.8, 4) is 0 Å². The van der Waals surface area contributed by atoms with Crippen molar-refractivity contribution in [2.75, 3.05) is 37.4 Å². The largest absolute Gasteiger partial charge is 0.399 e. The molecule has 1 aliphatic heterocycles. The molecule has 1 aliphatic rings. The van der Waals surface area contributed by atoms with Crippen LogP contribution in [0, 0.1) is 0 Å². The first kappa shape index (κ1) is 12.2. The molecule has 17 heavy (non-hydrogen) atoms. The Morgan fingerprint density at radius 1 is 1.24 bits per heavy atom. The first-order valence-electron chi connectivity index (χ1n) is 6.18. The molecule has 1 aromatic carbocycles. The van der Waals surface area contributed by atoms with Gasteiger partial charge in [-0.2, -0.15) is 0 Å². The maximum Gasteiger partial charge on any atom is 0.102 e. The number of nitrogens with zero attached hydrogens (tertiary/aromatic N) is 1. The molecule has 0 aromatic heterocycles. The number of likely N-dealkylation sites (tertiary alicyclic amines) is 1. The van der Waals surface area contributed by atoms with Crippen LogP contribution in [0.2, 0.25) is 0 Å². The monoisotopic (exact) mass is 237 g/mol. The minimum Gasteiger partial charge on any atom is -0.399 e. The van der Waals surface area contributed by atoms with Gasteiger partial charge in [-0.3, -0.25) is 0 Å². The lowest BCUT2D eigenvalue weighted by Gasteiger charge is -2.32. The Kier molecular flexibility index (Phi) is 4.20. The van der Waals surface area contributed by atoms with Gasteiger partial charge in [-0.25, -0.2) is 4.39 Å². The second-order valence-electron chi connectivity index (χ2n) is 4.57. The first-order chi connectivity index (χ1) is 8.28. The summed E-state index contributed by atoms with van der Waals surface area (Å²) < 4.78 is 12.2. The van der Waals surface area contributed by atoms with Crippen molar-refractivity contribution in [2.45, 2.75) is 18.9 Å². The summed E-state index contributed by atoms with van der Waals surface area (Å²) in [6.45, 7) is 2.30. The van der Waals surface area contributed by atoms with Gasteiger partial charge in [0.15, 0.2) is 0 Å². The van der Waals surface area contributed by atoms with Crippen LogP contribution >= 0.6 is 0 Å². The van der Waals surface area contributed by atoms with Crippen LogP contribution in [0.3, 0.4) is 0 Å². The average Bonchev–Trinajstić information content (AvgIpc) is 2.35. The van der Waals surface area contributed by atoms with Crippen LogP contribution < -0.4 is 11.1 Å². The summed E-state index contributed by atoms with van der Waals surface area (Å²) in [4.78, 5) is 2.18. The van der Waals surface area contributed by atoms with Crippen molar-refractivity contribution in [2.24, 2.45) is 0 Å². The lowest BCUT2D eigenvalue weighted by molar-refractivity contribution is 0.203. The fraction of sp³-hybridized carbons (Fsp3) is 0.538. The molecule has 0 bridgehead atoms. The Labute approximate surface area is 102 Å². The maximum absolute atomic E-state index is 12.2. The third-order valence-corrected chi connectivity index (χ3v) is 3.27. The van der Waals surface area contributed by atoms with Crippen molar-refractivity contribution < 1.29 is 4.39 Å². The van der Waals surface area contributed by atoms with E-state index < -0.39 is 0 Å². The number of nitrogen functional groups attached to an aromatic ring is 1. The summed E-state index contributed by atoms with van der Waals surface area (Å²) in [6.07, 6.45) is 2.15. The summed E-state index contributed by atoms with van der Waals surface area (Å²) in [7, 11) is 0. The molecule has 1 fully saturated rings. The molecule has 1 aromatic rings. The quantitative estimate of drug-likeness (QED) is 0.788. The predicted molar refractivity (Wildman–Crippen MR) is 69.9 cm³/mol. The lowest BCUT2D eigenvalue weighted by atomic mass is 10.0. The molecule has 4 heteroatoms. The van der Waals surface area contributed by atoms with Gasteiger partial charge in [0, 0.05) is 37.1 Å². The summed E-state index contributed by atoms with van der Waals surface area (Å²) in [5, 5.41) is 3.49. The van der Waals surface area contributed by atoms with Gasteiger partial charge >= 0.3 is 0 Å². The Morgan fingerprint density at radius 2 is 1.88 bits per heavy atom. The number of halogens is 1. The van der Waals surface area contributed by atoms with E-state index in [2.05, 4.69) is 10.2 Å². The number of benzene rings is 1. The third kappa shape index (κ3) is 3.60. The van der Waals surface area contributed by atoms with E-state index in [0.29, 0.717) is 12.6 Å². The van der Waals surface area contributed by atoms with Gasteiger partial charge in [0.1, 0.15) is 6.67 Å². The van der Waals surface area contributed by atoms with Gasteiger partial charge in [-0.1, -0.05) is 0 Å². The van der Waals surface area contributed by atoms with Crippen LogP contribution in [-0.2, 0) is 0 Å². The predicted octanol–water partition coefficient (Wildman–Crippen LogP) is 2.11. The standard InChI is InChI=1S/C13H20FN3/c14-7-10-17-8-5-13(6-9-17)16-12-3-1-11(15)2-4-12/h1-4,13,16H,5-10,15H2. The highest BCUT2D eigenvalue weighted by atomic mass is 19.1. The lowest BCUT2D eigenvalue weighted by Crippen LogP contribution is -2.39. The molecule has 94 valence electrons. The van der Waals surface area contributed by atoms with E-state index in [1.54, 1.807) is 0 Å². The van der Waals surface area contributed by atoms with Gasteiger partial charge < -0.3 is 16.0 Å². The first-order valence-corrected chi connectivity index (χ1v) is 6.18. The molecule has 0 spiro atoms. The summed E-state index contributed by atoms with van der Waals surface area (Å²) in [5.74, 6) is 0. The average molecular weight is 237 g/mol. The number of alkyl halides is 1. The van der Waals surface area contributed by atoms with Crippen LogP contribution in [-0.4, -0.2) is 37.3 Å². The fourth-order valence-electron chi connectivity index (χ4n) is 2.24. The summed E-state index contributed by atoms with van der Waals surface area (Å²) in [5.41, 5.74) is 7.54. The molecule has 2 rings (SSSR count). The number of anilines is 2. The van der Waals surface area contributed by atoms with E-state index in [-0.39, 0.29) is 6.67 Å². The molecule has 0 atom stereocenters. The van der Waals surface area contributed by atoms with Crippen LogP contribution in [0.5, 0.6) is 0 Å². The highest BCUT2D eigenvalue weighted by molar-refractivity contribution is 5.51. The normalized spacial score (nSPS) is 18.2. The van der Waals surface area contributed by atoms with Crippen LogP contribution in [0.1, 0.15) is 12.8 Å². The van der Waals surface area contributed by atoms with E-state index in [1.165, 1.54) is 0 Å². The number of hydrogen-bond acceptors (Lipinski definition) is 3. The van der Waals surface area contributed by atoms with E-state index in [1.807, 2.05) is 24.3 Å². The molecule has 0 unspecified atom stereocenters. The van der Waals surface area contributed by atoms with E-state index >= 15 is 0 Å². The third-order valence-electron chi connectivity index (χ3n) is 3.27. The number of nitrogens with one attached hydrogen (secondary N) is 1. The van der Waals surface area contributed by atoms with Crippen molar-refractivity contribution in [1.29, 1.82) is 0 Å². The molecule has 3 N–H and O–H groups in total. The molecule has 3 nitrogen and oxygen atoms in total. The second-order valence-corrected chi connectivity index (χ2v) is 4.57. The molecule has 0 radical (unpaired) electrons. The van der Waals surface area contributed by atoms with Crippen LogP contribution in [0.4, 0.5) is 15.8 Å². The summed E-state index contributed by atoms with van der Waals surface area (Å²) >= 11 is 0. The Hall–Kier alpha value is -1.29. The zero-order chi connectivity index (χ0) is 12.1. The SMILES string of the molecule is Nc1ccc(NC2CCN(CCF)CC2)cc1. The van der Waals surface area contributed by atoms with Gasteiger partial charge in [-0.15, -0.1) is 0 Å². The minimum absolute atomic E-state index is 0.240.